The molecular formula is C14H18ClFN4. The number of hydrogen-bond acceptors (Lipinski definition) is 3. The molecule has 2 rings (SSSR count). The third-order valence-electron chi connectivity index (χ3n) is 3.36. The van der Waals surface area contributed by atoms with Crippen molar-refractivity contribution in [3.8, 4) is 0 Å². The Morgan fingerprint density at radius 2 is 2.25 bits per heavy atom. The zero-order chi connectivity index (χ0) is 14.7. The van der Waals surface area contributed by atoms with Gasteiger partial charge in [0.1, 0.15) is 5.82 Å². The lowest BCUT2D eigenvalue weighted by atomic mass is 10.0. The third kappa shape index (κ3) is 3.00. The predicted molar refractivity (Wildman–Crippen MR) is 77.8 cm³/mol. The molecule has 4 nitrogen and oxygen atoms in total. The maximum absolute atomic E-state index is 13.5. The van der Waals surface area contributed by atoms with Crippen LogP contribution in [0.25, 0.3) is 0 Å². The lowest BCUT2D eigenvalue weighted by Gasteiger charge is -2.18. The number of hydrazine groups is 1. The molecule has 0 spiro atoms. The van der Waals surface area contributed by atoms with E-state index in [1.165, 1.54) is 6.07 Å². The molecule has 1 atom stereocenters. The second kappa shape index (κ2) is 6.35. The molecule has 0 aliphatic rings. The van der Waals surface area contributed by atoms with Gasteiger partial charge < -0.3 is 0 Å². The minimum absolute atomic E-state index is 0.105. The Kier molecular flexibility index (Phi) is 4.75. The average Bonchev–Trinajstić information content (AvgIpc) is 2.80. The fraction of sp³-hybridized carbons (Fsp3) is 0.357. The van der Waals surface area contributed by atoms with Crippen molar-refractivity contribution in [2.24, 2.45) is 12.9 Å². The molecule has 0 bridgehead atoms. The number of aromatic nitrogens is 2. The van der Waals surface area contributed by atoms with Crippen LogP contribution in [-0.2, 0) is 19.9 Å². The Balaban J connectivity index is 2.28. The average molecular weight is 297 g/mol. The van der Waals surface area contributed by atoms with Crippen molar-refractivity contribution in [1.82, 2.24) is 15.2 Å². The van der Waals surface area contributed by atoms with Crippen molar-refractivity contribution in [2.75, 3.05) is 0 Å². The van der Waals surface area contributed by atoms with Crippen LogP contribution in [0, 0.1) is 5.82 Å². The number of halogens is 2. The van der Waals surface area contributed by atoms with Crippen LogP contribution in [0.2, 0.25) is 5.02 Å². The summed E-state index contributed by atoms with van der Waals surface area (Å²) < 4.78 is 15.4. The molecule has 20 heavy (non-hydrogen) atoms. The van der Waals surface area contributed by atoms with Crippen LogP contribution < -0.4 is 11.3 Å². The Labute approximate surface area is 122 Å². The Morgan fingerprint density at radius 3 is 2.85 bits per heavy atom. The summed E-state index contributed by atoms with van der Waals surface area (Å²) in [5, 5.41) is 4.50. The van der Waals surface area contributed by atoms with E-state index in [1.807, 2.05) is 24.7 Å². The molecule has 0 saturated carbocycles. The summed E-state index contributed by atoms with van der Waals surface area (Å²) in [5.74, 6) is 5.16. The molecule has 1 aromatic carbocycles. The van der Waals surface area contributed by atoms with Crippen LogP contribution in [0.1, 0.15) is 29.9 Å². The van der Waals surface area contributed by atoms with Crippen molar-refractivity contribution < 1.29 is 4.39 Å². The molecule has 6 heteroatoms. The van der Waals surface area contributed by atoms with Crippen molar-refractivity contribution >= 4 is 11.6 Å². The number of nitrogens with zero attached hydrogens (tertiary/aromatic N) is 2. The van der Waals surface area contributed by atoms with Crippen LogP contribution in [-0.4, -0.2) is 9.78 Å². The normalized spacial score (nSPS) is 12.7. The molecule has 0 aliphatic carbocycles. The first-order valence-corrected chi connectivity index (χ1v) is 6.86. The number of rotatable bonds is 5. The van der Waals surface area contributed by atoms with Gasteiger partial charge in [0.05, 0.1) is 16.8 Å². The second-order valence-corrected chi connectivity index (χ2v) is 5.05. The fourth-order valence-electron chi connectivity index (χ4n) is 2.19. The van der Waals surface area contributed by atoms with E-state index in [0.29, 0.717) is 12.0 Å². The van der Waals surface area contributed by atoms with E-state index >= 15 is 0 Å². The summed E-state index contributed by atoms with van der Waals surface area (Å²) in [6.45, 7) is 2.05. The molecule has 0 aliphatic heterocycles. The van der Waals surface area contributed by atoms with Gasteiger partial charge in [-0.1, -0.05) is 30.7 Å². The number of benzene rings is 1. The van der Waals surface area contributed by atoms with E-state index in [2.05, 4.69) is 10.5 Å². The van der Waals surface area contributed by atoms with Gasteiger partial charge in [-0.3, -0.25) is 16.0 Å². The van der Waals surface area contributed by atoms with Gasteiger partial charge in [-0.25, -0.2) is 4.39 Å². The molecule has 1 heterocycles. The molecular weight excluding hydrogens is 279 g/mol. The summed E-state index contributed by atoms with van der Waals surface area (Å²) >= 11 is 6.01. The number of nitrogens with one attached hydrogen (secondary N) is 1. The second-order valence-electron chi connectivity index (χ2n) is 4.67. The van der Waals surface area contributed by atoms with Crippen LogP contribution in [0.15, 0.2) is 24.3 Å². The van der Waals surface area contributed by atoms with Crippen molar-refractivity contribution in [3.05, 3.63) is 52.1 Å². The summed E-state index contributed by atoms with van der Waals surface area (Å²) in [6, 6.07) is 6.49. The molecule has 0 radical (unpaired) electrons. The lowest BCUT2D eigenvalue weighted by molar-refractivity contribution is 0.525. The Hall–Kier alpha value is -1.43. The molecule has 0 saturated heterocycles. The number of nitrogens with two attached hydrogens (primary N) is 1. The van der Waals surface area contributed by atoms with Crippen LogP contribution in [0.4, 0.5) is 4.39 Å². The quantitative estimate of drug-likeness (QED) is 0.658. The molecule has 1 aromatic heterocycles. The molecule has 2 aromatic rings. The summed E-state index contributed by atoms with van der Waals surface area (Å²) in [6.07, 6.45) is 1.46. The zero-order valence-corrected chi connectivity index (χ0v) is 12.3. The molecule has 0 fully saturated rings. The third-order valence-corrected chi connectivity index (χ3v) is 3.76. The van der Waals surface area contributed by atoms with Gasteiger partial charge in [-0.15, -0.1) is 0 Å². The largest absolute Gasteiger partial charge is 0.272 e. The van der Waals surface area contributed by atoms with E-state index < -0.39 is 5.82 Å². The number of hydrogen-bond donors (Lipinski definition) is 2. The van der Waals surface area contributed by atoms with Gasteiger partial charge >= 0.3 is 0 Å². The summed E-state index contributed by atoms with van der Waals surface area (Å²) in [4.78, 5) is 0. The summed E-state index contributed by atoms with van der Waals surface area (Å²) in [7, 11) is 1.88. The van der Waals surface area contributed by atoms with E-state index in [9.17, 15) is 4.39 Å². The van der Waals surface area contributed by atoms with Crippen molar-refractivity contribution in [1.29, 1.82) is 0 Å². The van der Waals surface area contributed by atoms with Crippen LogP contribution >= 0.6 is 11.6 Å². The van der Waals surface area contributed by atoms with E-state index in [0.717, 1.165) is 17.8 Å². The van der Waals surface area contributed by atoms with Gasteiger partial charge in [-0.2, -0.15) is 5.10 Å². The minimum atomic E-state index is -0.441. The van der Waals surface area contributed by atoms with Crippen LogP contribution in [0.5, 0.6) is 0 Å². The predicted octanol–water partition coefficient (Wildman–Crippen LogP) is 2.52. The van der Waals surface area contributed by atoms with Gasteiger partial charge in [0.2, 0.25) is 0 Å². The molecule has 108 valence electrons. The highest BCUT2D eigenvalue weighted by atomic mass is 35.5. The lowest BCUT2D eigenvalue weighted by Crippen LogP contribution is -2.30. The van der Waals surface area contributed by atoms with E-state index in [-0.39, 0.29) is 11.1 Å². The van der Waals surface area contributed by atoms with Crippen LogP contribution in [0.3, 0.4) is 0 Å². The van der Waals surface area contributed by atoms with Gasteiger partial charge in [0.25, 0.3) is 0 Å². The van der Waals surface area contributed by atoms with Gasteiger partial charge in [0.15, 0.2) is 0 Å². The van der Waals surface area contributed by atoms with Crippen molar-refractivity contribution in [2.45, 2.75) is 25.8 Å². The van der Waals surface area contributed by atoms with Gasteiger partial charge in [0, 0.05) is 19.2 Å². The zero-order valence-electron chi connectivity index (χ0n) is 11.5. The first-order valence-electron chi connectivity index (χ1n) is 6.48. The highest BCUT2D eigenvalue weighted by Gasteiger charge is 2.18. The van der Waals surface area contributed by atoms with E-state index in [4.69, 9.17) is 17.4 Å². The highest BCUT2D eigenvalue weighted by Crippen LogP contribution is 2.27. The van der Waals surface area contributed by atoms with E-state index in [1.54, 1.807) is 12.1 Å². The molecule has 3 N–H and O–H groups in total. The highest BCUT2D eigenvalue weighted by molar-refractivity contribution is 6.31. The summed E-state index contributed by atoms with van der Waals surface area (Å²) in [5.41, 5.74) is 5.38. The standard InChI is InChI=1S/C14H18ClFN4/c1-3-9-7-10(20(2)19-9)8-13(18-17)11-5-4-6-12(16)14(11)15/h4-7,13,18H,3,8,17H2,1-2H3. The minimum Gasteiger partial charge on any atom is -0.272 e. The smallest absolute Gasteiger partial charge is 0.142 e. The first-order chi connectivity index (χ1) is 9.56. The SMILES string of the molecule is CCc1cc(CC(NN)c2cccc(F)c2Cl)n(C)n1. The monoisotopic (exact) mass is 296 g/mol. The fourth-order valence-corrected chi connectivity index (χ4v) is 2.45. The first kappa shape index (κ1) is 15.0. The Bertz CT molecular complexity index is 597. The maximum atomic E-state index is 13.5. The molecule has 0 amide bonds. The number of aryl methyl sites for hydroxylation is 2. The maximum Gasteiger partial charge on any atom is 0.142 e. The Morgan fingerprint density at radius 1 is 1.50 bits per heavy atom. The topological polar surface area (TPSA) is 55.9 Å². The van der Waals surface area contributed by atoms with Crippen molar-refractivity contribution in [3.63, 3.8) is 0 Å². The van der Waals surface area contributed by atoms with Gasteiger partial charge in [-0.05, 0) is 24.1 Å². The molecule has 1 unspecified atom stereocenters.